The van der Waals surface area contributed by atoms with Crippen molar-refractivity contribution >= 4 is 34.8 Å². The number of alkyl halides is 3. The van der Waals surface area contributed by atoms with E-state index in [-0.39, 0.29) is 35.1 Å². The molecule has 0 bridgehead atoms. The molecule has 0 saturated carbocycles. The molecule has 0 aliphatic heterocycles. The van der Waals surface area contributed by atoms with E-state index in [2.05, 4.69) is 9.78 Å². The summed E-state index contributed by atoms with van der Waals surface area (Å²) in [6.45, 7) is 0.615. The highest BCUT2D eigenvalue weighted by atomic mass is 35.5. The summed E-state index contributed by atoms with van der Waals surface area (Å²) in [5, 5.41) is 10.8. The average molecular weight is 490 g/mol. The molecule has 0 aromatic heterocycles. The van der Waals surface area contributed by atoms with Crippen LogP contribution in [0.2, 0.25) is 5.02 Å². The first-order valence-corrected chi connectivity index (χ1v) is 9.44. The third-order valence-corrected chi connectivity index (χ3v) is 4.28. The number of nitro benzene ring substituents is 1. The van der Waals surface area contributed by atoms with Crippen molar-refractivity contribution in [3.63, 3.8) is 0 Å². The Bertz CT molecular complexity index is 1090. The van der Waals surface area contributed by atoms with Crippen LogP contribution in [-0.4, -0.2) is 29.1 Å². The van der Waals surface area contributed by atoms with Crippen molar-refractivity contribution < 1.29 is 47.0 Å². The summed E-state index contributed by atoms with van der Waals surface area (Å²) in [4.78, 5) is 53.9. The Morgan fingerprint density at radius 1 is 1.09 bits per heavy atom. The monoisotopic (exact) mass is 489 g/mol. The van der Waals surface area contributed by atoms with Crippen molar-refractivity contribution in [2.24, 2.45) is 0 Å². The lowest BCUT2D eigenvalue weighted by Crippen LogP contribution is -2.14. The summed E-state index contributed by atoms with van der Waals surface area (Å²) in [7, 11) is 0. The molecule has 0 heterocycles. The van der Waals surface area contributed by atoms with Crippen molar-refractivity contribution in [1.82, 2.24) is 0 Å². The molecule has 2 aromatic rings. The number of ether oxygens (including phenoxy) is 1. The summed E-state index contributed by atoms with van der Waals surface area (Å²) in [5.41, 5.74) is -2.31. The molecule has 0 aliphatic rings. The topological polar surface area (TPSA) is 122 Å². The minimum Gasteiger partial charge on any atom is -0.456 e. The molecular weight excluding hydrogens is 475 g/mol. The van der Waals surface area contributed by atoms with Crippen LogP contribution in [0.5, 0.6) is 11.5 Å². The van der Waals surface area contributed by atoms with Gasteiger partial charge in [-0.15, -0.1) is 0 Å². The van der Waals surface area contributed by atoms with E-state index in [1.54, 1.807) is 0 Å². The molecule has 0 amide bonds. The van der Waals surface area contributed by atoms with Gasteiger partial charge in [0.2, 0.25) is 0 Å². The maximum atomic E-state index is 12.8. The number of nitro groups is 1. The van der Waals surface area contributed by atoms with E-state index in [0.717, 1.165) is 30.3 Å². The lowest BCUT2D eigenvalue weighted by molar-refractivity contribution is -0.385. The Hall–Kier alpha value is -3.51. The van der Waals surface area contributed by atoms with Gasteiger partial charge in [-0.3, -0.25) is 19.8 Å². The smallest absolute Gasteiger partial charge is 0.416 e. The Balaban J connectivity index is 2.16. The fourth-order valence-corrected chi connectivity index (χ4v) is 2.59. The molecule has 0 fully saturated rings. The summed E-state index contributed by atoms with van der Waals surface area (Å²) < 4.78 is 43.6. The van der Waals surface area contributed by atoms with Gasteiger partial charge in [-0.25, -0.2) is 4.79 Å². The van der Waals surface area contributed by atoms with Crippen molar-refractivity contribution in [3.05, 3.63) is 62.7 Å². The molecule has 176 valence electrons. The highest BCUT2D eigenvalue weighted by Crippen LogP contribution is 2.37. The number of nitrogens with zero attached hydrogens (tertiary/aromatic N) is 1. The van der Waals surface area contributed by atoms with Gasteiger partial charge in [0.15, 0.2) is 12.4 Å². The number of hydrogen-bond donors (Lipinski definition) is 0. The first kappa shape index (κ1) is 25.7. The highest BCUT2D eigenvalue weighted by Gasteiger charge is 2.31. The number of Topliss-reactive ketones (excluding diaryl/α,β-unsaturated/α-hetero) is 2. The molecule has 0 N–H and O–H groups in total. The highest BCUT2D eigenvalue weighted by molar-refractivity contribution is 6.32. The second kappa shape index (κ2) is 10.9. The van der Waals surface area contributed by atoms with Crippen LogP contribution >= 0.6 is 11.6 Å². The number of benzene rings is 2. The first-order valence-electron chi connectivity index (χ1n) is 9.06. The number of hydrogen-bond acceptors (Lipinski definition) is 8. The standard InChI is InChI=1S/C20H15ClF3NO8/c1-11(26)2-4-13(27)10-31-33-19(28)15-9-14(5-6-17(15)25(29)30)32-18-7-3-12(8-16(18)21)20(22,23)24/h3,5-9H,2,4,10H2,1H3. The number of carbonyl (C=O) groups is 3. The zero-order valence-corrected chi connectivity index (χ0v) is 17.6. The maximum Gasteiger partial charge on any atom is 0.416 e. The zero-order chi connectivity index (χ0) is 24.8. The third kappa shape index (κ3) is 7.54. The van der Waals surface area contributed by atoms with Crippen molar-refractivity contribution in [1.29, 1.82) is 0 Å². The van der Waals surface area contributed by atoms with Gasteiger partial charge in [-0.05, 0) is 31.2 Å². The molecular formula is C20H15ClF3NO8. The number of carbonyl (C=O) groups excluding carboxylic acids is 3. The minimum absolute atomic E-state index is 0.0203. The quantitative estimate of drug-likeness (QED) is 0.257. The van der Waals surface area contributed by atoms with Crippen LogP contribution in [0.4, 0.5) is 18.9 Å². The predicted octanol–water partition coefficient (Wildman–Crippen LogP) is 5.09. The Kier molecular flexibility index (Phi) is 8.49. The molecule has 13 heteroatoms. The summed E-state index contributed by atoms with van der Waals surface area (Å²) in [5.74, 6) is -2.47. The van der Waals surface area contributed by atoms with Crippen molar-refractivity contribution in [2.45, 2.75) is 25.9 Å². The lowest BCUT2D eigenvalue weighted by Gasteiger charge is -2.12. The van der Waals surface area contributed by atoms with Gasteiger partial charge >= 0.3 is 12.1 Å². The molecule has 2 aromatic carbocycles. The molecule has 0 aliphatic carbocycles. The Labute approximate surface area is 189 Å². The Morgan fingerprint density at radius 2 is 1.79 bits per heavy atom. The average Bonchev–Trinajstić information content (AvgIpc) is 2.72. The van der Waals surface area contributed by atoms with E-state index in [4.69, 9.17) is 16.3 Å². The van der Waals surface area contributed by atoms with E-state index < -0.39 is 46.3 Å². The number of rotatable bonds is 10. The number of ketones is 2. The normalized spacial score (nSPS) is 11.1. The van der Waals surface area contributed by atoms with Gasteiger partial charge < -0.3 is 9.53 Å². The van der Waals surface area contributed by atoms with E-state index in [0.29, 0.717) is 6.07 Å². The predicted molar refractivity (Wildman–Crippen MR) is 106 cm³/mol. The molecule has 2 rings (SSSR count). The summed E-state index contributed by atoms with van der Waals surface area (Å²) >= 11 is 5.81. The van der Waals surface area contributed by atoms with Crippen LogP contribution in [0.15, 0.2) is 36.4 Å². The van der Waals surface area contributed by atoms with Crippen LogP contribution in [0.25, 0.3) is 0 Å². The van der Waals surface area contributed by atoms with E-state index >= 15 is 0 Å². The van der Waals surface area contributed by atoms with E-state index in [9.17, 15) is 37.7 Å². The molecule has 0 saturated heterocycles. The molecule has 0 radical (unpaired) electrons. The Morgan fingerprint density at radius 3 is 2.36 bits per heavy atom. The molecule has 0 unspecified atom stereocenters. The van der Waals surface area contributed by atoms with Gasteiger partial charge in [0.25, 0.3) is 5.69 Å². The van der Waals surface area contributed by atoms with Crippen LogP contribution in [0, 0.1) is 10.1 Å². The van der Waals surface area contributed by atoms with Gasteiger partial charge in [0.05, 0.1) is 15.5 Å². The second-order valence-corrected chi connectivity index (χ2v) is 6.96. The summed E-state index contributed by atoms with van der Waals surface area (Å²) in [6.07, 6.45) is -4.78. The molecule has 33 heavy (non-hydrogen) atoms. The second-order valence-electron chi connectivity index (χ2n) is 6.55. The first-order chi connectivity index (χ1) is 15.4. The fourth-order valence-electron chi connectivity index (χ4n) is 2.37. The van der Waals surface area contributed by atoms with Crippen LogP contribution < -0.4 is 4.74 Å². The third-order valence-electron chi connectivity index (χ3n) is 3.98. The minimum atomic E-state index is -4.63. The fraction of sp³-hybridized carbons (Fsp3) is 0.250. The molecule has 0 atom stereocenters. The van der Waals surface area contributed by atoms with Crippen LogP contribution in [-0.2, 0) is 25.5 Å². The maximum absolute atomic E-state index is 12.8. The van der Waals surface area contributed by atoms with E-state index in [1.807, 2.05) is 0 Å². The molecule has 9 nitrogen and oxygen atoms in total. The van der Waals surface area contributed by atoms with Crippen molar-refractivity contribution in [2.75, 3.05) is 6.61 Å². The lowest BCUT2D eigenvalue weighted by atomic mass is 10.1. The van der Waals surface area contributed by atoms with Gasteiger partial charge in [0, 0.05) is 25.0 Å². The van der Waals surface area contributed by atoms with Crippen LogP contribution in [0.1, 0.15) is 35.7 Å². The number of halogens is 4. The van der Waals surface area contributed by atoms with Crippen molar-refractivity contribution in [3.8, 4) is 11.5 Å². The molecule has 0 spiro atoms. The van der Waals surface area contributed by atoms with Gasteiger partial charge in [-0.2, -0.15) is 18.1 Å². The van der Waals surface area contributed by atoms with Crippen LogP contribution in [0.3, 0.4) is 0 Å². The zero-order valence-electron chi connectivity index (χ0n) is 16.8. The van der Waals surface area contributed by atoms with E-state index in [1.165, 1.54) is 6.92 Å². The largest absolute Gasteiger partial charge is 0.456 e. The van der Waals surface area contributed by atoms with Gasteiger partial charge in [-0.1, -0.05) is 11.6 Å². The van der Waals surface area contributed by atoms with Gasteiger partial charge in [0.1, 0.15) is 22.8 Å². The SMILES string of the molecule is CC(=O)CCC(=O)COOC(=O)c1cc(Oc2ccc(C(F)(F)F)cc2Cl)ccc1[N+](=O)[O-]. The summed E-state index contributed by atoms with van der Waals surface area (Å²) in [6, 6.07) is 5.19.